The van der Waals surface area contributed by atoms with E-state index in [1.807, 2.05) is 14.1 Å². The second-order valence-corrected chi connectivity index (χ2v) is 17.6. The van der Waals surface area contributed by atoms with Gasteiger partial charge >= 0.3 is 0 Å². The molecule has 0 fully saturated rings. The highest BCUT2D eigenvalue weighted by molar-refractivity contribution is 6.71. The summed E-state index contributed by atoms with van der Waals surface area (Å²) in [6.45, 7) is 13.4. The van der Waals surface area contributed by atoms with Crippen LogP contribution in [0.25, 0.3) is 0 Å². The number of hydrogen-bond acceptors (Lipinski definition) is 3. The molecule has 0 atom stereocenters. The van der Waals surface area contributed by atoms with Crippen molar-refractivity contribution in [3.05, 3.63) is 12.3 Å². The summed E-state index contributed by atoms with van der Waals surface area (Å²) in [5.74, 6) is 0.107. The van der Waals surface area contributed by atoms with Crippen molar-refractivity contribution in [2.24, 2.45) is 0 Å². The second kappa shape index (κ2) is 7.64. The van der Waals surface area contributed by atoms with Crippen LogP contribution in [0.4, 0.5) is 0 Å². The van der Waals surface area contributed by atoms with E-state index in [4.69, 9.17) is 8.85 Å². The number of nitrogens with zero attached hydrogens (tertiary/aromatic N) is 1. The van der Waals surface area contributed by atoms with Crippen molar-refractivity contribution in [1.82, 2.24) is 4.90 Å². The molecule has 0 aliphatic carbocycles. The van der Waals surface area contributed by atoms with Crippen LogP contribution in [0.15, 0.2) is 12.3 Å². The first-order valence-corrected chi connectivity index (χ1v) is 15.3. The third-order valence-electron chi connectivity index (χ3n) is 1.94. The standard InChI is InChI=1S/C12H31NO2Si3/c1-13(2)10-9-11-16-12(14-17(3,4)5)15-18(6,7)8/h9-10,12H,11,16H2,1-8H3. The van der Waals surface area contributed by atoms with E-state index in [0.29, 0.717) is 0 Å². The molecular weight excluding hydrogens is 274 g/mol. The quantitative estimate of drug-likeness (QED) is 0.508. The number of allylic oxidation sites excluding steroid dienone is 1. The maximum Gasteiger partial charge on any atom is 0.186 e. The lowest BCUT2D eigenvalue weighted by atomic mass is 10.6. The first-order chi connectivity index (χ1) is 7.99. The third kappa shape index (κ3) is 12.6. The maximum absolute atomic E-state index is 6.19. The highest BCUT2D eigenvalue weighted by Gasteiger charge is 2.26. The molecular formula is C12H31NO2Si3. The van der Waals surface area contributed by atoms with Gasteiger partial charge in [0.05, 0.1) is 9.52 Å². The van der Waals surface area contributed by atoms with E-state index in [0.717, 1.165) is 6.04 Å². The summed E-state index contributed by atoms with van der Waals surface area (Å²) in [6, 6.07) is 1.14. The van der Waals surface area contributed by atoms with Gasteiger partial charge in [0.25, 0.3) is 0 Å². The van der Waals surface area contributed by atoms with Crippen LogP contribution in [-0.4, -0.2) is 51.1 Å². The van der Waals surface area contributed by atoms with Crippen LogP contribution < -0.4 is 0 Å². The average molecular weight is 306 g/mol. The van der Waals surface area contributed by atoms with Gasteiger partial charge in [0.1, 0.15) is 5.91 Å². The Balaban J connectivity index is 4.30. The molecule has 0 amide bonds. The molecule has 0 aliphatic rings. The lowest BCUT2D eigenvalue weighted by molar-refractivity contribution is 0.0608. The molecule has 0 saturated heterocycles. The Labute approximate surface area is 118 Å². The summed E-state index contributed by atoms with van der Waals surface area (Å²) in [5.41, 5.74) is 0. The molecule has 0 saturated carbocycles. The van der Waals surface area contributed by atoms with Gasteiger partial charge in [0.15, 0.2) is 16.6 Å². The van der Waals surface area contributed by atoms with Crippen LogP contribution in [0, 0.1) is 0 Å². The monoisotopic (exact) mass is 305 g/mol. The van der Waals surface area contributed by atoms with Crippen LogP contribution in [0.2, 0.25) is 45.3 Å². The zero-order valence-corrected chi connectivity index (χ0v) is 16.8. The van der Waals surface area contributed by atoms with Crippen LogP contribution in [0.5, 0.6) is 0 Å². The van der Waals surface area contributed by atoms with E-state index >= 15 is 0 Å². The predicted molar refractivity (Wildman–Crippen MR) is 88.8 cm³/mol. The van der Waals surface area contributed by atoms with E-state index < -0.39 is 16.6 Å². The van der Waals surface area contributed by atoms with E-state index in [9.17, 15) is 0 Å². The van der Waals surface area contributed by atoms with E-state index in [-0.39, 0.29) is 15.4 Å². The van der Waals surface area contributed by atoms with E-state index in [1.165, 1.54) is 0 Å². The van der Waals surface area contributed by atoms with Gasteiger partial charge in [-0.2, -0.15) is 0 Å². The molecule has 6 heteroatoms. The highest BCUT2D eigenvalue weighted by atomic mass is 28.4. The van der Waals surface area contributed by atoms with E-state index in [2.05, 4.69) is 56.5 Å². The SMILES string of the molecule is CN(C)C=CC[SiH2]C(O[Si](C)(C)C)O[Si](C)(C)C. The molecule has 0 radical (unpaired) electrons. The van der Waals surface area contributed by atoms with Crippen molar-refractivity contribution in [2.75, 3.05) is 14.1 Å². The predicted octanol–water partition coefficient (Wildman–Crippen LogP) is 2.64. The minimum atomic E-state index is -1.50. The largest absolute Gasteiger partial charge is 0.398 e. The van der Waals surface area contributed by atoms with Gasteiger partial charge in [0, 0.05) is 14.1 Å². The lowest BCUT2D eigenvalue weighted by Crippen LogP contribution is -2.42. The van der Waals surface area contributed by atoms with Gasteiger partial charge in [-0.25, -0.2) is 0 Å². The van der Waals surface area contributed by atoms with Crippen molar-refractivity contribution in [3.63, 3.8) is 0 Å². The van der Waals surface area contributed by atoms with Crippen LogP contribution in [0.3, 0.4) is 0 Å². The molecule has 0 heterocycles. The fraction of sp³-hybridized carbons (Fsp3) is 0.833. The minimum Gasteiger partial charge on any atom is -0.398 e. The summed E-state index contributed by atoms with van der Waals surface area (Å²) in [6.07, 6.45) is 4.35. The van der Waals surface area contributed by atoms with Crippen molar-refractivity contribution in [1.29, 1.82) is 0 Å². The molecule has 0 spiro atoms. The fourth-order valence-electron chi connectivity index (χ4n) is 1.45. The maximum atomic E-state index is 6.19. The molecule has 108 valence electrons. The zero-order valence-electron chi connectivity index (χ0n) is 13.4. The molecule has 0 aromatic heterocycles. The number of hydrogen-bond donors (Lipinski definition) is 0. The number of rotatable bonds is 8. The summed E-state index contributed by atoms with van der Waals surface area (Å²) < 4.78 is 12.4. The molecule has 0 unspecified atom stereocenters. The first kappa shape index (κ1) is 18.1. The summed E-state index contributed by atoms with van der Waals surface area (Å²) in [4.78, 5) is 2.07. The van der Waals surface area contributed by atoms with Gasteiger partial charge in [0.2, 0.25) is 0 Å². The molecule has 0 N–H and O–H groups in total. The topological polar surface area (TPSA) is 21.7 Å². The molecule has 0 bridgehead atoms. The zero-order chi connectivity index (χ0) is 14.4. The molecule has 18 heavy (non-hydrogen) atoms. The van der Waals surface area contributed by atoms with Crippen molar-refractivity contribution >= 4 is 26.2 Å². The van der Waals surface area contributed by atoms with Crippen molar-refractivity contribution in [3.8, 4) is 0 Å². The minimum absolute atomic E-state index is 0.107. The molecule has 0 rings (SSSR count). The van der Waals surface area contributed by atoms with Gasteiger partial charge in [-0.15, -0.1) is 0 Å². The Morgan fingerprint density at radius 1 is 1.00 bits per heavy atom. The Morgan fingerprint density at radius 2 is 1.44 bits per heavy atom. The normalized spacial score (nSPS) is 14.3. The van der Waals surface area contributed by atoms with Crippen molar-refractivity contribution < 1.29 is 8.85 Å². The van der Waals surface area contributed by atoms with E-state index in [1.54, 1.807) is 0 Å². The Bertz CT molecular complexity index is 241. The summed E-state index contributed by atoms with van der Waals surface area (Å²) >= 11 is 0. The lowest BCUT2D eigenvalue weighted by Gasteiger charge is -2.31. The van der Waals surface area contributed by atoms with Gasteiger partial charge in [-0.1, -0.05) is 6.08 Å². The molecule has 0 aliphatic heterocycles. The Hall–Kier alpha value is 0.111. The van der Waals surface area contributed by atoms with Crippen LogP contribution >= 0.6 is 0 Å². The smallest absolute Gasteiger partial charge is 0.186 e. The first-order valence-electron chi connectivity index (χ1n) is 6.68. The highest BCUT2D eigenvalue weighted by Crippen LogP contribution is 2.14. The van der Waals surface area contributed by atoms with Crippen LogP contribution in [-0.2, 0) is 8.85 Å². The second-order valence-electron chi connectivity index (χ2n) is 6.82. The summed E-state index contributed by atoms with van der Waals surface area (Å²) in [7, 11) is 0.722. The average Bonchev–Trinajstić information content (AvgIpc) is 2.06. The van der Waals surface area contributed by atoms with Gasteiger partial charge in [-0.3, -0.25) is 0 Å². The summed E-state index contributed by atoms with van der Waals surface area (Å²) in [5, 5.41) is 0. The third-order valence-corrected chi connectivity index (χ3v) is 6.02. The fourth-order valence-corrected chi connectivity index (χ4v) is 7.77. The molecule has 3 nitrogen and oxygen atoms in total. The molecule has 0 aromatic carbocycles. The van der Waals surface area contributed by atoms with Crippen molar-refractivity contribution in [2.45, 2.75) is 51.2 Å². The van der Waals surface area contributed by atoms with Crippen LogP contribution in [0.1, 0.15) is 0 Å². The molecule has 0 aromatic rings. The van der Waals surface area contributed by atoms with Gasteiger partial charge in [-0.05, 0) is 51.5 Å². The Kier molecular flexibility index (Phi) is 7.69. The Morgan fingerprint density at radius 3 is 1.78 bits per heavy atom. The van der Waals surface area contributed by atoms with Gasteiger partial charge < -0.3 is 13.8 Å².